The van der Waals surface area contributed by atoms with Crippen LogP contribution in [0.3, 0.4) is 0 Å². The normalized spacial score (nSPS) is 17.6. The number of likely N-dealkylation sites (tertiary alicyclic amines) is 1. The van der Waals surface area contributed by atoms with E-state index in [1.807, 2.05) is 13.8 Å². The molecule has 0 atom stereocenters. The average molecular weight is 358 g/mol. The van der Waals surface area contributed by atoms with E-state index in [-0.39, 0.29) is 17.3 Å². The second-order valence-corrected chi connectivity index (χ2v) is 8.20. The van der Waals surface area contributed by atoms with Gasteiger partial charge in [0.15, 0.2) is 9.84 Å². The van der Waals surface area contributed by atoms with Crippen LogP contribution in [-0.4, -0.2) is 50.9 Å². The van der Waals surface area contributed by atoms with Gasteiger partial charge in [-0.2, -0.15) is 0 Å². The molecule has 0 aromatic heterocycles. The molecule has 1 saturated heterocycles. The lowest BCUT2D eigenvalue weighted by atomic mass is 9.93. The molecule has 24 heavy (non-hydrogen) atoms. The standard InChI is InChI=1S/C16H23FN2O4S/c1-4-23-16(2)7-9-19(10-8-16)15(20)18-12-5-6-13(17)14(11-12)24(3,21)22/h5-6,11H,4,7-10H2,1-3H3,(H,18,20). The summed E-state index contributed by atoms with van der Waals surface area (Å²) in [6.45, 7) is 5.69. The van der Waals surface area contributed by atoms with Crippen LogP contribution in [0.1, 0.15) is 26.7 Å². The second kappa shape index (κ2) is 7.06. The first-order chi connectivity index (χ1) is 11.1. The van der Waals surface area contributed by atoms with Crippen molar-refractivity contribution in [3.05, 3.63) is 24.0 Å². The molecule has 1 aliphatic rings. The van der Waals surface area contributed by atoms with E-state index in [1.54, 1.807) is 4.90 Å². The minimum Gasteiger partial charge on any atom is -0.375 e. The number of nitrogens with zero attached hydrogens (tertiary/aromatic N) is 1. The van der Waals surface area contributed by atoms with Crippen molar-refractivity contribution in [2.24, 2.45) is 0 Å². The molecule has 1 heterocycles. The number of ether oxygens (including phenoxy) is 1. The van der Waals surface area contributed by atoms with Gasteiger partial charge in [0, 0.05) is 31.6 Å². The Morgan fingerprint density at radius 1 is 1.38 bits per heavy atom. The number of halogens is 1. The maximum absolute atomic E-state index is 13.6. The fourth-order valence-electron chi connectivity index (χ4n) is 2.74. The van der Waals surface area contributed by atoms with E-state index in [0.717, 1.165) is 31.2 Å². The van der Waals surface area contributed by atoms with E-state index < -0.39 is 20.5 Å². The third-order valence-corrected chi connectivity index (χ3v) is 5.29. The number of urea groups is 1. The zero-order chi connectivity index (χ0) is 18.0. The van der Waals surface area contributed by atoms with Crippen LogP contribution in [-0.2, 0) is 14.6 Å². The first-order valence-corrected chi connectivity index (χ1v) is 9.73. The summed E-state index contributed by atoms with van der Waals surface area (Å²) in [7, 11) is -3.69. The number of amides is 2. The topological polar surface area (TPSA) is 75.7 Å². The van der Waals surface area contributed by atoms with Gasteiger partial charge in [-0.05, 0) is 44.9 Å². The van der Waals surface area contributed by atoms with Crippen molar-refractivity contribution in [3.63, 3.8) is 0 Å². The summed E-state index contributed by atoms with van der Waals surface area (Å²) < 4.78 is 42.4. The van der Waals surface area contributed by atoms with Gasteiger partial charge in [0.2, 0.25) is 0 Å². The largest absolute Gasteiger partial charge is 0.375 e. The van der Waals surface area contributed by atoms with E-state index in [0.29, 0.717) is 19.7 Å². The number of rotatable bonds is 4. The molecular weight excluding hydrogens is 335 g/mol. The zero-order valence-corrected chi connectivity index (χ0v) is 15.0. The SMILES string of the molecule is CCOC1(C)CCN(C(=O)Nc2ccc(F)c(S(C)(=O)=O)c2)CC1. The van der Waals surface area contributed by atoms with E-state index >= 15 is 0 Å². The molecular formula is C16H23FN2O4S. The van der Waals surface area contributed by atoms with Crippen LogP contribution in [0.25, 0.3) is 0 Å². The monoisotopic (exact) mass is 358 g/mol. The number of carbonyl (C=O) groups excluding carboxylic acids is 1. The van der Waals surface area contributed by atoms with Crippen LogP contribution in [0.4, 0.5) is 14.9 Å². The summed E-state index contributed by atoms with van der Waals surface area (Å²) in [5.41, 5.74) is 0.0326. The Bertz CT molecular complexity index is 713. The summed E-state index contributed by atoms with van der Waals surface area (Å²) in [5.74, 6) is -0.832. The predicted octanol–water partition coefficient (Wildman–Crippen LogP) is 2.65. The summed E-state index contributed by atoms with van der Waals surface area (Å²) in [6, 6.07) is 3.18. The van der Waals surface area contributed by atoms with Crippen molar-refractivity contribution in [3.8, 4) is 0 Å². The van der Waals surface area contributed by atoms with Crippen LogP contribution in [0.5, 0.6) is 0 Å². The van der Waals surface area contributed by atoms with Crippen LogP contribution < -0.4 is 5.32 Å². The Balaban J connectivity index is 2.04. The van der Waals surface area contributed by atoms with Gasteiger partial charge in [-0.15, -0.1) is 0 Å². The summed E-state index contributed by atoms with van der Waals surface area (Å²) in [6.07, 6.45) is 2.38. The van der Waals surface area contributed by atoms with Gasteiger partial charge < -0.3 is 15.0 Å². The number of piperidine rings is 1. The van der Waals surface area contributed by atoms with Gasteiger partial charge in [0.05, 0.1) is 5.60 Å². The Morgan fingerprint density at radius 3 is 2.54 bits per heavy atom. The molecule has 134 valence electrons. The Labute approximate surface area is 141 Å². The lowest BCUT2D eigenvalue weighted by Gasteiger charge is -2.39. The van der Waals surface area contributed by atoms with Gasteiger partial charge in [-0.1, -0.05) is 0 Å². The van der Waals surface area contributed by atoms with E-state index in [2.05, 4.69) is 5.32 Å². The first-order valence-electron chi connectivity index (χ1n) is 7.84. The Kier molecular flexibility index (Phi) is 5.49. The fraction of sp³-hybridized carbons (Fsp3) is 0.562. The molecule has 0 unspecified atom stereocenters. The van der Waals surface area contributed by atoms with Crippen LogP contribution in [0.15, 0.2) is 23.1 Å². The highest BCUT2D eigenvalue weighted by Gasteiger charge is 2.32. The third-order valence-electron chi connectivity index (χ3n) is 4.18. The molecule has 0 aliphatic carbocycles. The molecule has 1 aromatic rings. The molecule has 0 spiro atoms. The molecule has 1 aromatic carbocycles. The predicted molar refractivity (Wildman–Crippen MR) is 89.4 cm³/mol. The van der Waals surface area contributed by atoms with E-state index in [1.165, 1.54) is 6.07 Å². The maximum atomic E-state index is 13.6. The molecule has 6 nitrogen and oxygen atoms in total. The Hall–Kier alpha value is -1.67. The summed E-state index contributed by atoms with van der Waals surface area (Å²) in [4.78, 5) is 13.5. The van der Waals surface area contributed by atoms with Crippen molar-refractivity contribution >= 4 is 21.6 Å². The van der Waals surface area contributed by atoms with E-state index in [9.17, 15) is 17.6 Å². The minimum absolute atomic E-state index is 0.217. The zero-order valence-electron chi connectivity index (χ0n) is 14.1. The van der Waals surface area contributed by atoms with Gasteiger partial charge in [0.1, 0.15) is 10.7 Å². The number of sulfone groups is 1. The van der Waals surface area contributed by atoms with Crippen LogP contribution in [0, 0.1) is 5.82 Å². The highest BCUT2D eigenvalue weighted by Crippen LogP contribution is 2.26. The van der Waals surface area contributed by atoms with E-state index in [4.69, 9.17) is 4.74 Å². The van der Waals surface area contributed by atoms with Crippen molar-refractivity contribution in [1.82, 2.24) is 4.90 Å². The lowest BCUT2D eigenvalue weighted by molar-refractivity contribution is -0.0589. The highest BCUT2D eigenvalue weighted by atomic mass is 32.2. The fourth-order valence-corrected chi connectivity index (χ4v) is 3.51. The number of benzene rings is 1. The third kappa shape index (κ3) is 4.45. The van der Waals surface area contributed by atoms with Crippen molar-refractivity contribution in [2.45, 2.75) is 37.2 Å². The molecule has 2 amide bonds. The van der Waals surface area contributed by atoms with Crippen molar-refractivity contribution in [2.75, 3.05) is 31.3 Å². The molecule has 1 fully saturated rings. The number of hydrogen-bond donors (Lipinski definition) is 1. The molecule has 1 N–H and O–H groups in total. The smallest absolute Gasteiger partial charge is 0.321 e. The molecule has 0 bridgehead atoms. The highest BCUT2D eigenvalue weighted by molar-refractivity contribution is 7.90. The molecule has 2 rings (SSSR count). The summed E-state index contributed by atoms with van der Waals surface area (Å²) >= 11 is 0. The van der Waals surface area contributed by atoms with Crippen LogP contribution in [0.2, 0.25) is 0 Å². The lowest BCUT2D eigenvalue weighted by Crippen LogP contribution is -2.47. The minimum atomic E-state index is -3.69. The van der Waals surface area contributed by atoms with Gasteiger partial charge in [-0.25, -0.2) is 17.6 Å². The Morgan fingerprint density at radius 2 is 2.00 bits per heavy atom. The number of hydrogen-bond acceptors (Lipinski definition) is 4. The quantitative estimate of drug-likeness (QED) is 0.898. The molecule has 0 saturated carbocycles. The average Bonchev–Trinajstić information content (AvgIpc) is 2.48. The number of carbonyl (C=O) groups is 1. The summed E-state index contributed by atoms with van der Waals surface area (Å²) in [5, 5.41) is 2.63. The van der Waals surface area contributed by atoms with Gasteiger partial charge in [0.25, 0.3) is 0 Å². The first kappa shape index (κ1) is 18.7. The molecule has 0 radical (unpaired) electrons. The van der Waals surface area contributed by atoms with Crippen molar-refractivity contribution in [1.29, 1.82) is 0 Å². The second-order valence-electron chi connectivity index (χ2n) is 6.22. The number of nitrogens with one attached hydrogen (secondary N) is 1. The maximum Gasteiger partial charge on any atom is 0.321 e. The molecule has 1 aliphatic heterocycles. The van der Waals surface area contributed by atoms with Crippen molar-refractivity contribution < 1.29 is 22.3 Å². The number of anilines is 1. The van der Waals surface area contributed by atoms with Crippen LogP contribution >= 0.6 is 0 Å². The van der Waals surface area contributed by atoms with Gasteiger partial charge in [-0.3, -0.25) is 0 Å². The molecule has 8 heteroatoms. The van der Waals surface area contributed by atoms with Gasteiger partial charge >= 0.3 is 6.03 Å².